The van der Waals surface area contributed by atoms with Gasteiger partial charge >= 0.3 is 6.03 Å². The number of rotatable bonds is 5. The molecule has 6 nitrogen and oxygen atoms in total. The van der Waals surface area contributed by atoms with E-state index < -0.39 is 0 Å². The molecular weight excluding hydrogens is 328 g/mol. The minimum atomic E-state index is -0.0794. The smallest absolute Gasteiger partial charge is 0.319 e. The highest BCUT2D eigenvalue weighted by Crippen LogP contribution is 2.29. The molecule has 0 spiro atoms. The third-order valence-corrected chi connectivity index (χ3v) is 5.72. The van der Waals surface area contributed by atoms with Crippen LogP contribution in [0, 0.1) is 0 Å². The fraction of sp³-hybridized carbons (Fsp3) is 0.600. The van der Waals surface area contributed by atoms with Crippen LogP contribution in [0.1, 0.15) is 31.2 Å². The third kappa shape index (κ3) is 4.18. The Morgan fingerprint density at radius 3 is 2.50 bits per heavy atom. The second kappa shape index (κ2) is 7.66. The Morgan fingerprint density at radius 2 is 1.81 bits per heavy atom. The van der Waals surface area contributed by atoms with Gasteiger partial charge in [-0.15, -0.1) is 0 Å². The lowest BCUT2D eigenvalue weighted by Gasteiger charge is -2.33. The van der Waals surface area contributed by atoms with Gasteiger partial charge in [0.2, 0.25) is 5.91 Å². The van der Waals surface area contributed by atoms with Crippen molar-refractivity contribution in [1.82, 2.24) is 20.0 Å². The summed E-state index contributed by atoms with van der Waals surface area (Å²) in [5, 5.41) is 3.14. The van der Waals surface area contributed by atoms with Crippen molar-refractivity contribution >= 4 is 11.9 Å². The van der Waals surface area contributed by atoms with Crippen LogP contribution >= 0.6 is 0 Å². The molecule has 0 unspecified atom stereocenters. The summed E-state index contributed by atoms with van der Waals surface area (Å²) in [5.41, 5.74) is 1.38. The maximum atomic E-state index is 12.5. The van der Waals surface area contributed by atoms with Crippen molar-refractivity contribution in [2.75, 3.05) is 32.8 Å². The van der Waals surface area contributed by atoms with Crippen LogP contribution in [0.15, 0.2) is 30.3 Å². The van der Waals surface area contributed by atoms with Gasteiger partial charge in [0.05, 0.1) is 6.67 Å². The molecule has 2 aliphatic heterocycles. The van der Waals surface area contributed by atoms with Crippen molar-refractivity contribution in [3.63, 3.8) is 0 Å². The fourth-order valence-corrected chi connectivity index (χ4v) is 3.91. The van der Waals surface area contributed by atoms with Gasteiger partial charge in [-0.1, -0.05) is 30.3 Å². The molecule has 0 radical (unpaired) electrons. The van der Waals surface area contributed by atoms with Crippen molar-refractivity contribution in [3.05, 3.63) is 35.9 Å². The van der Waals surface area contributed by atoms with Crippen LogP contribution in [0.4, 0.5) is 4.79 Å². The SMILES string of the molecule is O=C(NC1CCN(CCc2ccccc2)CC1)N1CC(=O)N(C2CC2)C1. The largest absolute Gasteiger partial charge is 0.335 e. The minimum Gasteiger partial charge on any atom is -0.335 e. The third-order valence-electron chi connectivity index (χ3n) is 5.72. The normalized spacial score (nSPS) is 22.1. The first-order valence-corrected chi connectivity index (χ1v) is 9.80. The van der Waals surface area contributed by atoms with E-state index in [-0.39, 0.29) is 24.5 Å². The summed E-state index contributed by atoms with van der Waals surface area (Å²) in [6, 6.07) is 11.1. The van der Waals surface area contributed by atoms with E-state index >= 15 is 0 Å². The summed E-state index contributed by atoms with van der Waals surface area (Å²) in [6.45, 7) is 3.81. The van der Waals surface area contributed by atoms with Gasteiger partial charge < -0.3 is 15.1 Å². The standard InChI is InChI=1S/C20H28N4O2/c25-19-14-23(15-24(19)18-6-7-18)20(26)21-17-9-12-22(13-10-17)11-8-16-4-2-1-3-5-16/h1-5,17-18H,6-15H2,(H,21,26). The van der Waals surface area contributed by atoms with Gasteiger partial charge in [0.1, 0.15) is 6.54 Å². The van der Waals surface area contributed by atoms with Gasteiger partial charge in [0.15, 0.2) is 0 Å². The molecule has 26 heavy (non-hydrogen) atoms. The second-order valence-corrected chi connectivity index (χ2v) is 7.74. The number of likely N-dealkylation sites (tertiary alicyclic amines) is 1. The number of carbonyl (C=O) groups excluding carboxylic acids is 2. The average Bonchev–Trinajstić information content (AvgIpc) is 3.43. The van der Waals surface area contributed by atoms with E-state index in [0.717, 1.165) is 51.7 Å². The first kappa shape index (κ1) is 17.3. The van der Waals surface area contributed by atoms with Gasteiger partial charge in [-0.2, -0.15) is 0 Å². The average molecular weight is 356 g/mol. The Balaban J connectivity index is 1.18. The highest BCUT2D eigenvalue weighted by atomic mass is 16.2. The Labute approximate surface area is 155 Å². The molecule has 3 aliphatic rings. The summed E-state index contributed by atoms with van der Waals surface area (Å²) in [5.74, 6) is 0.0957. The lowest BCUT2D eigenvalue weighted by molar-refractivity contribution is -0.127. The summed E-state index contributed by atoms with van der Waals surface area (Å²) in [6.07, 6.45) is 5.21. The molecule has 3 amide bonds. The number of benzene rings is 1. The molecule has 1 aliphatic carbocycles. The zero-order chi connectivity index (χ0) is 17.9. The number of piperidine rings is 1. The van der Waals surface area contributed by atoms with Crippen LogP contribution in [0.3, 0.4) is 0 Å². The number of carbonyl (C=O) groups is 2. The van der Waals surface area contributed by atoms with Crippen molar-refractivity contribution in [1.29, 1.82) is 0 Å². The lowest BCUT2D eigenvalue weighted by atomic mass is 10.0. The topological polar surface area (TPSA) is 55.9 Å². The molecule has 140 valence electrons. The highest BCUT2D eigenvalue weighted by Gasteiger charge is 2.40. The van der Waals surface area contributed by atoms with E-state index in [2.05, 4.69) is 40.5 Å². The van der Waals surface area contributed by atoms with Gasteiger partial charge in [-0.3, -0.25) is 9.69 Å². The molecule has 1 N–H and O–H groups in total. The quantitative estimate of drug-likeness (QED) is 0.873. The maximum absolute atomic E-state index is 12.5. The van der Waals surface area contributed by atoms with E-state index in [1.807, 2.05) is 4.90 Å². The monoisotopic (exact) mass is 356 g/mol. The van der Waals surface area contributed by atoms with Crippen LogP contribution in [0.5, 0.6) is 0 Å². The van der Waals surface area contributed by atoms with E-state index in [9.17, 15) is 9.59 Å². The van der Waals surface area contributed by atoms with Gasteiger partial charge in [0.25, 0.3) is 0 Å². The minimum absolute atomic E-state index is 0.0794. The van der Waals surface area contributed by atoms with Gasteiger partial charge in [-0.25, -0.2) is 4.79 Å². The Kier molecular flexibility index (Phi) is 5.11. The Bertz CT molecular complexity index is 638. The van der Waals surface area contributed by atoms with Crippen molar-refractivity contribution < 1.29 is 9.59 Å². The highest BCUT2D eigenvalue weighted by molar-refractivity contribution is 5.87. The summed E-state index contributed by atoms with van der Waals surface area (Å²) in [4.78, 5) is 30.4. The van der Waals surface area contributed by atoms with Crippen LogP contribution in [0.25, 0.3) is 0 Å². The molecule has 2 heterocycles. The Morgan fingerprint density at radius 1 is 1.08 bits per heavy atom. The molecular formula is C20H28N4O2. The predicted octanol–water partition coefficient (Wildman–Crippen LogP) is 1.67. The molecule has 0 bridgehead atoms. The van der Waals surface area contributed by atoms with Gasteiger partial charge in [-0.05, 0) is 37.7 Å². The zero-order valence-electron chi connectivity index (χ0n) is 15.3. The number of nitrogens with zero attached hydrogens (tertiary/aromatic N) is 3. The van der Waals surface area contributed by atoms with Crippen molar-refractivity contribution in [2.45, 2.75) is 44.2 Å². The molecule has 0 aromatic heterocycles. The maximum Gasteiger partial charge on any atom is 0.319 e. The van der Waals surface area contributed by atoms with Crippen LogP contribution in [-0.4, -0.2) is 71.6 Å². The molecule has 3 fully saturated rings. The molecule has 0 atom stereocenters. The first-order valence-electron chi connectivity index (χ1n) is 9.80. The molecule has 6 heteroatoms. The fourth-order valence-electron chi connectivity index (χ4n) is 3.91. The molecule has 4 rings (SSSR count). The van der Waals surface area contributed by atoms with Crippen LogP contribution in [0.2, 0.25) is 0 Å². The van der Waals surface area contributed by atoms with Crippen LogP contribution < -0.4 is 5.32 Å². The summed E-state index contributed by atoms with van der Waals surface area (Å²) in [7, 11) is 0. The number of nitrogens with one attached hydrogen (secondary N) is 1. The Hall–Kier alpha value is -2.08. The molecule has 1 aromatic rings. The first-order chi connectivity index (χ1) is 12.7. The second-order valence-electron chi connectivity index (χ2n) is 7.74. The number of hydrogen-bond acceptors (Lipinski definition) is 3. The zero-order valence-corrected chi connectivity index (χ0v) is 15.3. The van der Waals surface area contributed by atoms with Crippen molar-refractivity contribution in [2.24, 2.45) is 0 Å². The molecule has 1 saturated carbocycles. The number of amides is 3. The number of hydrogen-bond donors (Lipinski definition) is 1. The van der Waals surface area contributed by atoms with Crippen LogP contribution in [-0.2, 0) is 11.2 Å². The predicted molar refractivity (Wildman–Crippen MR) is 99.6 cm³/mol. The van der Waals surface area contributed by atoms with E-state index in [4.69, 9.17) is 0 Å². The van der Waals surface area contributed by atoms with E-state index in [1.54, 1.807) is 4.90 Å². The van der Waals surface area contributed by atoms with Crippen molar-refractivity contribution in [3.8, 4) is 0 Å². The molecule has 2 saturated heterocycles. The summed E-state index contributed by atoms with van der Waals surface area (Å²) >= 11 is 0. The molecule has 1 aromatic carbocycles. The lowest BCUT2D eigenvalue weighted by Crippen LogP contribution is -2.49. The number of urea groups is 1. The van der Waals surface area contributed by atoms with Gasteiger partial charge in [0, 0.05) is 31.7 Å². The van der Waals surface area contributed by atoms with E-state index in [0.29, 0.717) is 12.7 Å². The summed E-state index contributed by atoms with van der Waals surface area (Å²) < 4.78 is 0. The van der Waals surface area contributed by atoms with E-state index in [1.165, 1.54) is 5.56 Å².